The highest BCUT2D eigenvalue weighted by molar-refractivity contribution is 7.17. The predicted octanol–water partition coefficient (Wildman–Crippen LogP) is -11.0. The van der Waals surface area contributed by atoms with Gasteiger partial charge in [0.15, 0.2) is 50.6 Å². The second-order valence-electron chi connectivity index (χ2n) is 26.1. The fourth-order valence-corrected chi connectivity index (χ4v) is 14.3. The summed E-state index contributed by atoms with van der Waals surface area (Å²) in [5.74, 6) is -1.67. The molecular formula is C63H89N3O37S. The van der Waals surface area contributed by atoms with Crippen LogP contribution in [0.4, 0.5) is 11.4 Å². The Hall–Kier alpha value is -4.68. The molecule has 40 nitrogen and oxygen atoms in total. The minimum Gasteiger partial charge on any atom is -0.482 e. The predicted molar refractivity (Wildman–Crippen MR) is 338 cm³/mol. The lowest BCUT2D eigenvalue weighted by molar-refractivity contribution is -0.396. The molecule has 22 heterocycles. The number of amides is 2. The Kier molecular flexibility index (Phi) is 27.0. The van der Waals surface area contributed by atoms with Gasteiger partial charge < -0.3 is 189 Å². The number of rotatable bonds is 15. The Bertz CT molecular complexity index is 3230. The Morgan fingerprint density at radius 2 is 0.692 bits per heavy atom. The van der Waals surface area contributed by atoms with Crippen molar-refractivity contribution in [2.45, 2.75) is 215 Å². The van der Waals surface area contributed by atoms with Gasteiger partial charge in [-0.15, -0.1) is 11.3 Å². The smallest absolute Gasteiger partial charge is 0.265 e. The van der Waals surface area contributed by atoms with Gasteiger partial charge in [-0.1, -0.05) is 24.3 Å². The van der Waals surface area contributed by atoms with Crippen molar-refractivity contribution in [3.8, 4) is 16.2 Å². The van der Waals surface area contributed by atoms with Gasteiger partial charge >= 0.3 is 0 Å². The zero-order valence-electron chi connectivity index (χ0n) is 55.4. The van der Waals surface area contributed by atoms with Gasteiger partial charge in [-0.05, 0) is 42.0 Å². The standard InChI is InChI=1S/C63H89N3O37S/c1-66(2)22-9-7-21(8-10-22)32-11-12-33(104-32)56(88)64-23-5-3-4-6-24(23)89-20-34(74)65-35-36(75)57-90-25(13-67)49(35)97-58-43(82)37(76)51(27(15-69)91-58)99-60-45(84)39(78)53(29(17-71)93-60)101-62-47(86)41(80)55(31(19-73)95-62)103-63-48(87)42(81)54(30(18-72)96-63)102-61-46(85)40(79)52(28(16-70)94-61)100-59-44(83)38(77)50(98-57)26(14-68)92-59/h3-12,25-31,35-55,57-63,67-73,75-87H,13-20H2,1-2H3,(H,64,88)(H,65,74)/t25-,26-,27-,28-,29-,30-,31-,35-,36-,37-,38-,39-,40-,41-,42-,43-,44-,45-,46-,47-,48-,49-,50-,51-,52-,53-,54-,55-,57-,58-,59-,60-,61-,62-,63-/m1/s1. The fourth-order valence-electron chi connectivity index (χ4n) is 13.4. The molecule has 21 fully saturated rings. The Morgan fingerprint density at radius 1 is 0.385 bits per heavy atom. The SMILES string of the molecule is CN(C)c1ccc(-c2ccc(C(=O)Nc3ccccc3OCC(=O)N[C@@H]3[C@@H](O)[C@H]4O[C@H]5[C@H](O)[C@@H](O)[C@@H](O[C@H]6[C@H](O)[C@@H](O)[C@@H](O[C@H]7[C@H](O)[C@@H](O)[C@@H](O[C@H]8[C@H](O)[C@@H](O)[C@@H](O[C@H]9[C@H](O)[C@@H](O)[C@@H](O[C@H]%10[C@H](O)[C@@H](O)[C@@H](O[C@@H]3[C@@H](CO)O4)O[C@@H]%10CO)O[C@@H]9CO)O[C@@H]8CO)O[C@@H]7CO)O[C@@H]6CO)O[C@@H]5CO)s2)cc1. The number of anilines is 2. The van der Waals surface area contributed by atoms with Crippen molar-refractivity contribution in [3.05, 3.63) is 65.5 Å². The molecule has 104 heavy (non-hydrogen) atoms. The first-order valence-corrected chi connectivity index (χ1v) is 34.1. The number of thiophene rings is 1. The molecule has 3 aromatic rings. The van der Waals surface area contributed by atoms with E-state index in [0.717, 1.165) is 16.1 Å². The third-order valence-corrected chi connectivity index (χ3v) is 20.3. The van der Waals surface area contributed by atoms with Crippen LogP contribution in [0, 0.1) is 0 Å². The van der Waals surface area contributed by atoms with Crippen molar-refractivity contribution in [2.24, 2.45) is 0 Å². The summed E-state index contributed by atoms with van der Waals surface area (Å²) in [5, 5.41) is 231. The zero-order chi connectivity index (χ0) is 74.9. The molecule has 1 aromatic heterocycles. The van der Waals surface area contributed by atoms with Crippen LogP contribution >= 0.6 is 11.3 Å². The van der Waals surface area contributed by atoms with Crippen LogP contribution < -0.4 is 20.3 Å². The molecule has 21 saturated heterocycles. The minimum absolute atomic E-state index is 0.0427. The van der Waals surface area contributed by atoms with Crippen LogP contribution in [0.3, 0.4) is 0 Å². The van der Waals surface area contributed by atoms with Crippen molar-refractivity contribution in [1.82, 2.24) is 5.32 Å². The molecule has 14 bridgehead atoms. The maximum Gasteiger partial charge on any atom is 0.265 e. The number of ether oxygens (including phenoxy) is 15. The fraction of sp³-hybridized carbons (Fsp3) is 0.714. The van der Waals surface area contributed by atoms with Crippen molar-refractivity contribution in [2.75, 3.05) is 77.2 Å². The van der Waals surface area contributed by atoms with E-state index in [4.69, 9.17) is 71.1 Å². The van der Waals surface area contributed by atoms with Gasteiger partial charge in [-0.2, -0.15) is 0 Å². The van der Waals surface area contributed by atoms with Crippen molar-refractivity contribution in [1.29, 1.82) is 0 Å². The molecule has 21 aliphatic heterocycles. The lowest BCUT2D eigenvalue weighted by atomic mass is 9.93. The molecule has 0 spiro atoms. The van der Waals surface area contributed by atoms with Gasteiger partial charge in [0.25, 0.3) is 11.8 Å². The van der Waals surface area contributed by atoms with E-state index in [0.29, 0.717) is 4.88 Å². The molecule has 0 saturated carbocycles. The highest BCUT2D eigenvalue weighted by atomic mass is 32.1. The van der Waals surface area contributed by atoms with E-state index in [1.54, 1.807) is 18.2 Å². The van der Waals surface area contributed by atoms with Crippen molar-refractivity contribution < 1.29 is 183 Å². The molecule has 2 amide bonds. The van der Waals surface area contributed by atoms with Crippen LogP contribution in [-0.4, -0.2) is 396 Å². The zero-order valence-corrected chi connectivity index (χ0v) is 56.2. The summed E-state index contributed by atoms with van der Waals surface area (Å²) in [7, 11) is 3.80. The number of aliphatic hydroxyl groups excluding tert-OH is 20. The second kappa shape index (κ2) is 34.9. The van der Waals surface area contributed by atoms with Gasteiger partial charge in [0.05, 0.1) is 62.9 Å². The molecule has 22 N–H and O–H groups in total. The van der Waals surface area contributed by atoms with E-state index in [2.05, 4.69) is 10.6 Å². The third kappa shape index (κ3) is 16.7. The van der Waals surface area contributed by atoms with E-state index in [1.807, 2.05) is 43.3 Å². The molecule has 35 atom stereocenters. The Labute approximate surface area is 594 Å². The number of nitrogens with zero attached hydrogens (tertiary/aromatic N) is 1. The van der Waals surface area contributed by atoms with Crippen LogP contribution in [-0.2, 0) is 71.1 Å². The summed E-state index contributed by atoms with van der Waals surface area (Å²) >= 11 is 1.21. The molecular weight excluding hydrogens is 1420 g/mol. The third-order valence-electron chi connectivity index (χ3n) is 19.1. The quantitative estimate of drug-likeness (QED) is 0.0672. The summed E-state index contributed by atoms with van der Waals surface area (Å²) in [5.41, 5.74) is 1.92. The van der Waals surface area contributed by atoms with Crippen LogP contribution in [0.5, 0.6) is 5.75 Å². The van der Waals surface area contributed by atoms with E-state index in [1.165, 1.54) is 29.5 Å². The largest absolute Gasteiger partial charge is 0.482 e. The lowest BCUT2D eigenvalue weighted by Crippen LogP contribution is -2.70. The van der Waals surface area contributed by atoms with E-state index in [9.17, 15) is 112 Å². The molecule has 0 radical (unpaired) electrons. The molecule has 2 aromatic carbocycles. The summed E-state index contributed by atoms with van der Waals surface area (Å²) in [6, 6.07) is 15.1. The molecule has 24 rings (SSSR count). The number of carbonyl (C=O) groups is 2. The number of benzene rings is 2. The number of para-hydroxylation sites is 2. The highest BCUT2D eigenvalue weighted by Crippen LogP contribution is 2.40. The summed E-state index contributed by atoms with van der Waals surface area (Å²) in [4.78, 5) is 31.1. The summed E-state index contributed by atoms with van der Waals surface area (Å²) in [6.45, 7) is -8.63. The molecule has 0 unspecified atom stereocenters. The van der Waals surface area contributed by atoms with Crippen LogP contribution in [0.1, 0.15) is 9.67 Å². The Balaban J connectivity index is 0.870. The molecule has 41 heteroatoms. The number of hydrogen-bond donors (Lipinski definition) is 22. The van der Waals surface area contributed by atoms with Crippen molar-refractivity contribution in [3.63, 3.8) is 0 Å². The molecule has 21 aliphatic rings. The monoisotopic (exact) mass is 1510 g/mol. The maximum atomic E-state index is 14.3. The van der Waals surface area contributed by atoms with Gasteiger partial charge in [-0.25, -0.2) is 0 Å². The normalized spacial score (nSPS) is 43.8. The van der Waals surface area contributed by atoms with E-state index >= 15 is 0 Å². The number of carbonyl (C=O) groups excluding carboxylic acids is 2. The average Bonchev–Trinajstić information content (AvgIpc) is 0.837. The first-order chi connectivity index (χ1) is 49.8. The lowest BCUT2D eigenvalue weighted by Gasteiger charge is -2.50. The minimum atomic E-state index is -2.32. The summed E-state index contributed by atoms with van der Waals surface area (Å²) in [6.07, 6.45) is -70.5. The first-order valence-electron chi connectivity index (χ1n) is 33.2. The van der Waals surface area contributed by atoms with Crippen LogP contribution in [0.15, 0.2) is 60.7 Å². The van der Waals surface area contributed by atoms with Crippen molar-refractivity contribution >= 4 is 34.5 Å². The number of aliphatic hydroxyl groups is 20. The van der Waals surface area contributed by atoms with Crippen LogP contribution in [0.25, 0.3) is 10.4 Å². The van der Waals surface area contributed by atoms with Gasteiger partial charge in [-0.3, -0.25) is 9.59 Å². The van der Waals surface area contributed by atoms with E-state index < -0.39 is 280 Å². The number of hydrogen-bond acceptors (Lipinski definition) is 39. The number of nitrogens with one attached hydrogen (secondary N) is 2. The van der Waals surface area contributed by atoms with Crippen LogP contribution in [0.2, 0.25) is 0 Å². The van der Waals surface area contributed by atoms with Gasteiger partial charge in [0.1, 0.15) is 171 Å². The maximum absolute atomic E-state index is 14.3. The molecule has 584 valence electrons. The van der Waals surface area contributed by atoms with Gasteiger partial charge in [0, 0.05) is 24.7 Å². The first kappa shape index (κ1) is 80.3. The summed E-state index contributed by atoms with van der Waals surface area (Å²) < 4.78 is 87.7. The van der Waals surface area contributed by atoms with E-state index in [-0.39, 0.29) is 11.4 Å². The second-order valence-corrected chi connectivity index (χ2v) is 27.2. The average molecular weight is 1510 g/mol. The Morgan fingerprint density at radius 3 is 1.02 bits per heavy atom. The highest BCUT2D eigenvalue weighted by Gasteiger charge is 2.60. The van der Waals surface area contributed by atoms with Gasteiger partial charge in [0.2, 0.25) is 0 Å². The topological polar surface area (TPSA) is 604 Å². The molecule has 0 aliphatic carbocycles.